The van der Waals surface area contributed by atoms with Gasteiger partial charge in [-0.3, -0.25) is 9.67 Å². The number of aromatic nitrogens is 2. The summed E-state index contributed by atoms with van der Waals surface area (Å²) in [5.74, 6) is 1.72. The van der Waals surface area contributed by atoms with Gasteiger partial charge in [-0.05, 0) is 36.6 Å². The highest BCUT2D eigenvalue weighted by molar-refractivity contribution is 5.79. The largest absolute Gasteiger partial charge is 0.497 e. The fraction of sp³-hybridized carbons (Fsp3) is 0.412. The Kier molecular flexibility index (Phi) is 6.97. The minimum atomic E-state index is 0.825. The summed E-state index contributed by atoms with van der Waals surface area (Å²) in [6.07, 6.45) is 5.69. The number of nitrogens with zero attached hydrogens (tertiary/aromatic N) is 3. The molecule has 23 heavy (non-hydrogen) atoms. The van der Waals surface area contributed by atoms with Gasteiger partial charge in [-0.2, -0.15) is 5.10 Å². The van der Waals surface area contributed by atoms with Crippen molar-refractivity contribution < 1.29 is 4.74 Å². The number of guanidine groups is 1. The van der Waals surface area contributed by atoms with Crippen LogP contribution in [0, 0.1) is 0 Å². The smallest absolute Gasteiger partial charge is 0.190 e. The Bertz CT molecular complexity index is 595. The number of benzene rings is 1. The second-order valence-electron chi connectivity index (χ2n) is 5.15. The Morgan fingerprint density at radius 3 is 2.87 bits per heavy atom. The third-order valence-electron chi connectivity index (χ3n) is 3.48. The molecule has 0 aliphatic rings. The normalized spacial score (nSPS) is 11.3. The second kappa shape index (κ2) is 9.50. The maximum Gasteiger partial charge on any atom is 0.190 e. The standard InChI is InChI=1S/C17H25N5O/c1-18-17(19-9-4-12-22-13-5-10-21-22)20-11-8-15-6-3-7-16(14-15)23-2/h3,5-7,10,13-14H,4,8-9,11-12H2,1-2H3,(H2,18,19,20). The molecule has 0 fully saturated rings. The molecule has 6 heteroatoms. The molecule has 2 aromatic rings. The van der Waals surface area contributed by atoms with Gasteiger partial charge in [0.1, 0.15) is 5.75 Å². The van der Waals surface area contributed by atoms with Gasteiger partial charge in [0.25, 0.3) is 0 Å². The highest BCUT2D eigenvalue weighted by Gasteiger charge is 1.99. The molecule has 1 aromatic heterocycles. The molecular formula is C17H25N5O. The molecule has 2 rings (SSSR count). The first-order valence-electron chi connectivity index (χ1n) is 7.86. The van der Waals surface area contributed by atoms with Gasteiger partial charge in [0.15, 0.2) is 5.96 Å². The number of hydrogen-bond acceptors (Lipinski definition) is 3. The van der Waals surface area contributed by atoms with Gasteiger partial charge in [0.2, 0.25) is 0 Å². The zero-order chi connectivity index (χ0) is 16.3. The molecule has 0 aliphatic carbocycles. The van der Waals surface area contributed by atoms with Crippen molar-refractivity contribution in [3.05, 3.63) is 48.3 Å². The van der Waals surface area contributed by atoms with Crippen LogP contribution >= 0.6 is 0 Å². The quantitative estimate of drug-likeness (QED) is 0.442. The highest BCUT2D eigenvalue weighted by atomic mass is 16.5. The van der Waals surface area contributed by atoms with E-state index in [0.717, 1.165) is 44.2 Å². The number of hydrogen-bond donors (Lipinski definition) is 2. The number of ether oxygens (including phenoxy) is 1. The van der Waals surface area contributed by atoms with E-state index >= 15 is 0 Å². The van der Waals surface area contributed by atoms with Crippen molar-refractivity contribution in [2.24, 2.45) is 4.99 Å². The second-order valence-corrected chi connectivity index (χ2v) is 5.15. The fourth-order valence-corrected chi connectivity index (χ4v) is 2.25. The summed E-state index contributed by atoms with van der Waals surface area (Å²) in [6.45, 7) is 2.59. The van der Waals surface area contributed by atoms with Crippen LogP contribution in [-0.4, -0.2) is 43.0 Å². The maximum absolute atomic E-state index is 5.24. The zero-order valence-electron chi connectivity index (χ0n) is 13.8. The van der Waals surface area contributed by atoms with Crippen LogP contribution in [0.5, 0.6) is 5.75 Å². The average molecular weight is 315 g/mol. The van der Waals surface area contributed by atoms with Crippen LogP contribution in [0.4, 0.5) is 0 Å². The summed E-state index contributed by atoms with van der Waals surface area (Å²) in [5, 5.41) is 10.8. The summed E-state index contributed by atoms with van der Waals surface area (Å²) in [5.41, 5.74) is 1.24. The molecule has 0 amide bonds. The number of methoxy groups -OCH3 is 1. The number of aryl methyl sites for hydroxylation is 1. The third-order valence-corrected chi connectivity index (χ3v) is 3.48. The Morgan fingerprint density at radius 2 is 2.13 bits per heavy atom. The number of aliphatic imine (C=N–C) groups is 1. The molecule has 0 spiro atoms. The Labute approximate surface area is 137 Å². The van der Waals surface area contributed by atoms with Gasteiger partial charge in [-0.1, -0.05) is 12.1 Å². The molecule has 0 atom stereocenters. The number of nitrogens with one attached hydrogen (secondary N) is 2. The molecular weight excluding hydrogens is 290 g/mol. The molecule has 2 N–H and O–H groups in total. The first-order chi connectivity index (χ1) is 11.3. The summed E-state index contributed by atoms with van der Waals surface area (Å²) < 4.78 is 7.17. The van der Waals surface area contributed by atoms with E-state index in [1.165, 1.54) is 5.56 Å². The molecule has 0 saturated heterocycles. The monoisotopic (exact) mass is 315 g/mol. The van der Waals surface area contributed by atoms with E-state index in [9.17, 15) is 0 Å². The average Bonchev–Trinajstić information content (AvgIpc) is 3.10. The first kappa shape index (κ1) is 16.9. The lowest BCUT2D eigenvalue weighted by Gasteiger charge is -2.12. The summed E-state index contributed by atoms with van der Waals surface area (Å²) >= 11 is 0. The minimum Gasteiger partial charge on any atom is -0.497 e. The van der Waals surface area contributed by atoms with E-state index < -0.39 is 0 Å². The SMILES string of the molecule is CN=C(NCCCn1cccn1)NCCc1cccc(OC)c1. The van der Waals surface area contributed by atoms with Crippen LogP contribution in [0.2, 0.25) is 0 Å². The first-order valence-corrected chi connectivity index (χ1v) is 7.86. The van der Waals surface area contributed by atoms with Crippen LogP contribution in [-0.2, 0) is 13.0 Å². The van der Waals surface area contributed by atoms with Crippen molar-refractivity contribution in [2.45, 2.75) is 19.4 Å². The predicted molar refractivity (Wildman–Crippen MR) is 92.9 cm³/mol. The molecule has 1 heterocycles. The maximum atomic E-state index is 5.24. The summed E-state index contributed by atoms with van der Waals surface area (Å²) in [7, 11) is 3.47. The van der Waals surface area contributed by atoms with Gasteiger partial charge in [0, 0.05) is 39.1 Å². The number of rotatable bonds is 8. The molecule has 6 nitrogen and oxygen atoms in total. The van der Waals surface area contributed by atoms with Crippen molar-refractivity contribution in [2.75, 3.05) is 27.2 Å². The molecule has 0 radical (unpaired) electrons. The van der Waals surface area contributed by atoms with Crippen LogP contribution in [0.1, 0.15) is 12.0 Å². The zero-order valence-corrected chi connectivity index (χ0v) is 13.8. The molecule has 0 saturated carbocycles. The van der Waals surface area contributed by atoms with Crippen LogP contribution in [0.25, 0.3) is 0 Å². The molecule has 0 bridgehead atoms. The van der Waals surface area contributed by atoms with E-state index in [1.807, 2.05) is 29.1 Å². The van der Waals surface area contributed by atoms with Gasteiger partial charge >= 0.3 is 0 Å². The Morgan fingerprint density at radius 1 is 1.26 bits per heavy atom. The van der Waals surface area contributed by atoms with E-state index in [0.29, 0.717) is 0 Å². The third kappa shape index (κ3) is 6.02. The van der Waals surface area contributed by atoms with E-state index in [-0.39, 0.29) is 0 Å². The van der Waals surface area contributed by atoms with Crippen LogP contribution < -0.4 is 15.4 Å². The Hall–Kier alpha value is -2.50. The van der Waals surface area contributed by atoms with Crippen molar-refractivity contribution in [3.8, 4) is 5.75 Å². The molecule has 1 aromatic carbocycles. The fourth-order valence-electron chi connectivity index (χ4n) is 2.25. The van der Waals surface area contributed by atoms with Crippen molar-refractivity contribution in [1.82, 2.24) is 20.4 Å². The van der Waals surface area contributed by atoms with Gasteiger partial charge in [0.05, 0.1) is 7.11 Å². The topological polar surface area (TPSA) is 63.5 Å². The lowest BCUT2D eigenvalue weighted by molar-refractivity contribution is 0.414. The lowest BCUT2D eigenvalue weighted by Crippen LogP contribution is -2.39. The van der Waals surface area contributed by atoms with E-state index in [4.69, 9.17) is 4.74 Å². The van der Waals surface area contributed by atoms with Gasteiger partial charge in [-0.15, -0.1) is 0 Å². The van der Waals surface area contributed by atoms with Crippen LogP contribution in [0.3, 0.4) is 0 Å². The van der Waals surface area contributed by atoms with Crippen molar-refractivity contribution in [3.63, 3.8) is 0 Å². The molecule has 0 unspecified atom stereocenters. The predicted octanol–water partition coefficient (Wildman–Crippen LogP) is 1.69. The highest BCUT2D eigenvalue weighted by Crippen LogP contribution is 2.12. The van der Waals surface area contributed by atoms with Crippen LogP contribution in [0.15, 0.2) is 47.7 Å². The van der Waals surface area contributed by atoms with E-state index in [2.05, 4.69) is 32.9 Å². The minimum absolute atomic E-state index is 0.825. The summed E-state index contributed by atoms with van der Waals surface area (Å²) in [4.78, 5) is 4.23. The van der Waals surface area contributed by atoms with Crippen molar-refractivity contribution >= 4 is 5.96 Å². The Balaban J connectivity index is 1.64. The molecule has 124 valence electrons. The van der Waals surface area contributed by atoms with E-state index in [1.54, 1.807) is 20.4 Å². The molecule has 0 aliphatic heterocycles. The van der Waals surface area contributed by atoms with Gasteiger partial charge in [-0.25, -0.2) is 0 Å². The van der Waals surface area contributed by atoms with Gasteiger partial charge < -0.3 is 15.4 Å². The van der Waals surface area contributed by atoms with Crippen molar-refractivity contribution in [1.29, 1.82) is 0 Å². The lowest BCUT2D eigenvalue weighted by atomic mass is 10.1. The summed E-state index contributed by atoms with van der Waals surface area (Å²) in [6, 6.07) is 10.1.